The lowest BCUT2D eigenvalue weighted by Crippen LogP contribution is -2.31. The Kier molecular flexibility index (Phi) is 5.88. The van der Waals surface area contributed by atoms with Gasteiger partial charge >= 0.3 is 0 Å². The van der Waals surface area contributed by atoms with Crippen molar-refractivity contribution in [3.05, 3.63) is 66.2 Å². The van der Waals surface area contributed by atoms with E-state index in [1.165, 1.54) is 0 Å². The average molecular weight is 299 g/mol. The zero-order valence-corrected chi connectivity index (χ0v) is 13.3. The van der Waals surface area contributed by atoms with E-state index in [1.54, 1.807) is 11.8 Å². The Morgan fingerprint density at radius 3 is 2.14 bits per heavy atom. The first-order chi connectivity index (χ1) is 10.2. The van der Waals surface area contributed by atoms with E-state index in [2.05, 4.69) is 19.2 Å². The van der Waals surface area contributed by atoms with Gasteiger partial charge in [0.25, 0.3) is 0 Å². The Hall–Kier alpha value is -1.74. The van der Waals surface area contributed by atoms with E-state index < -0.39 is 0 Å². The number of hydrogen-bond acceptors (Lipinski definition) is 2. The number of amides is 1. The lowest BCUT2D eigenvalue weighted by atomic mass is 10.1. The van der Waals surface area contributed by atoms with E-state index in [1.807, 2.05) is 60.7 Å². The zero-order valence-electron chi connectivity index (χ0n) is 12.5. The van der Waals surface area contributed by atoms with Gasteiger partial charge in [-0.15, -0.1) is 11.8 Å². The Labute approximate surface area is 131 Å². The summed E-state index contributed by atoms with van der Waals surface area (Å²) in [6, 6.07) is 20.0. The standard InChI is InChI=1S/C18H21NOS/c1-14(2)13-19-18(20)17(15-9-5-3-6-10-15)21-16-11-7-4-8-12-16/h3-12,14,17H,13H2,1-2H3,(H,19,20)/t17-/m0/s1. The molecule has 21 heavy (non-hydrogen) atoms. The fourth-order valence-corrected chi connectivity index (χ4v) is 3.00. The second-order valence-electron chi connectivity index (χ2n) is 5.36. The number of rotatable bonds is 6. The fraction of sp³-hybridized carbons (Fsp3) is 0.278. The van der Waals surface area contributed by atoms with Crippen LogP contribution < -0.4 is 5.32 Å². The summed E-state index contributed by atoms with van der Waals surface area (Å²) in [5.41, 5.74) is 1.03. The Morgan fingerprint density at radius 2 is 1.57 bits per heavy atom. The number of nitrogens with one attached hydrogen (secondary N) is 1. The lowest BCUT2D eigenvalue weighted by molar-refractivity contribution is -0.120. The first-order valence-electron chi connectivity index (χ1n) is 7.21. The Morgan fingerprint density at radius 1 is 1.00 bits per heavy atom. The first kappa shape index (κ1) is 15.6. The number of hydrogen-bond donors (Lipinski definition) is 1. The monoisotopic (exact) mass is 299 g/mol. The molecular weight excluding hydrogens is 278 g/mol. The maximum Gasteiger partial charge on any atom is 0.238 e. The van der Waals surface area contributed by atoms with Crippen LogP contribution in [0.25, 0.3) is 0 Å². The van der Waals surface area contributed by atoms with E-state index in [0.29, 0.717) is 12.5 Å². The molecule has 0 bridgehead atoms. The van der Waals surface area contributed by atoms with Gasteiger partial charge in [-0.1, -0.05) is 62.4 Å². The van der Waals surface area contributed by atoms with Crippen LogP contribution in [0.1, 0.15) is 24.7 Å². The molecule has 2 nitrogen and oxygen atoms in total. The molecular formula is C18H21NOS. The summed E-state index contributed by atoms with van der Waals surface area (Å²) in [6.07, 6.45) is 0. The van der Waals surface area contributed by atoms with Crippen molar-refractivity contribution in [3.63, 3.8) is 0 Å². The van der Waals surface area contributed by atoms with Gasteiger partial charge in [0.05, 0.1) is 0 Å². The summed E-state index contributed by atoms with van der Waals surface area (Å²) in [5.74, 6) is 0.524. The molecule has 1 N–H and O–H groups in total. The third-order valence-electron chi connectivity index (χ3n) is 3.02. The van der Waals surface area contributed by atoms with E-state index in [4.69, 9.17) is 0 Å². The predicted molar refractivity (Wildman–Crippen MR) is 89.3 cm³/mol. The number of benzene rings is 2. The van der Waals surface area contributed by atoms with Crippen LogP contribution in [-0.4, -0.2) is 12.5 Å². The van der Waals surface area contributed by atoms with Crippen LogP contribution >= 0.6 is 11.8 Å². The molecule has 0 heterocycles. The molecule has 2 aromatic rings. The van der Waals surface area contributed by atoms with Gasteiger partial charge in [0.1, 0.15) is 5.25 Å². The van der Waals surface area contributed by atoms with Crippen molar-refractivity contribution in [2.24, 2.45) is 5.92 Å². The highest BCUT2D eigenvalue weighted by Crippen LogP contribution is 2.35. The van der Waals surface area contributed by atoms with Crippen molar-refractivity contribution < 1.29 is 4.79 Å². The van der Waals surface area contributed by atoms with Crippen LogP contribution in [0.4, 0.5) is 0 Å². The van der Waals surface area contributed by atoms with Crippen LogP contribution in [0.5, 0.6) is 0 Å². The van der Waals surface area contributed by atoms with Crippen LogP contribution in [0.2, 0.25) is 0 Å². The Bertz CT molecular complexity index is 554. The lowest BCUT2D eigenvalue weighted by Gasteiger charge is -2.18. The number of carbonyl (C=O) groups is 1. The molecule has 0 saturated heterocycles. The summed E-state index contributed by atoms with van der Waals surface area (Å²) >= 11 is 1.59. The van der Waals surface area contributed by atoms with Crippen molar-refractivity contribution in [2.75, 3.05) is 6.54 Å². The topological polar surface area (TPSA) is 29.1 Å². The van der Waals surface area contributed by atoms with Crippen molar-refractivity contribution in [1.29, 1.82) is 0 Å². The molecule has 0 spiro atoms. The third-order valence-corrected chi connectivity index (χ3v) is 4.29. The maximum atomic E-state index is 12.5. The van der Waals surface area contributed by atoms with Crippen LogP contribution in [-0.2, 0) is 4.79 Å². The quantitative estimate of drug-likeness (QED) is 0.806. The van der Waals surface area contributed by atoms with Gasteiger partial charge in [-0.2, -0.15) is 0 Å². The molecule has 0 aliphatic carbocycles. The molecule has 0 aliphatic rings. The molecule has 2 rings (SSSR count). The van der Waals surface area contributed by atoms with Crippen molar-refractivity contribution in [3.8, 4) is 0 Å². The second-order valence-corrected chi connectivity index (χ2v) is 6.54. The molecule has 0 unspecified atom stereocenters. The summed E-state index contributed by atoms with van der Waals surface area (Å²) in [6.45, 7) is 4.90. The smallest absolute Gasteiger partial charge is 0.238 e. The highest BCUT2D eigenvalue weighted by atomic mass is 32.2. The van der Waals surface area contributed by atoms with E-state index in [-0.39, 0.29) is 11.2 Å². The summed E-state index contributed by atoms with van der Waals surface area (Å²) < 4.78 is 0. The van der Waals surface area contributed by atoms with E-state index in [0.717, 1.165) is 10.5 Å². The third kappa shape index (κ3) is 4.94. The van der Waals surface area contributed by atoms with Gasteiger partial charge in [-0.05, 0) is 23.6 Å². The molecule has 0 fully saturated rings. The van der Waals surface area contributed by atoms with E-state index in [9.17, 15) is 4.79 Å². The average Bonchev–Trinajstić information content (AvgIpc) is 2.52. The largest absolute Gasteiger partial charge is 0.355 e. The SMILES string of the molecule is CC(C)CNC(=O)[C@@H](Sc1ccccc1)c1ccccc1. The minimum absolute atomic E-state index is 0.0729. The second kappa shape index (κ2) is 7.89. The molecule has 1 atom stereocenters. The predicted octanol–water partition coefficient (Wildman–Crippen LogP) is 4.29. The molecule has 0 aliphatic heterocycles. The van der Waals surface area contributed by atoms with Gasteiger partial charge in [-0.25, -0.2) is 0 Å². The highest BCUT2D eigenvalue weighted by molar-refractivity contribution is 8.00. The molecule has 2 aromatic carbocycles. The molecule has 110 valence electrons. The van der Waals surface area contributed by atoms with Crippen molar-refractivity contribution in [1.82, 2.24) is 5.32 Å². The fourth-order valence-electron chi connectivity index (χ4n) is 1.93. The minimum atomic E-state index is -0.215. The zero-order chi connectivity index (χ0) is 15.1. The molecule has 1 amide bonds. The maximum absolute atomic E-state index is 12.5. The van der Waals surface area contributed by atoms with Gasteiger partial charge in [0.15, 0.2) is 0 Å². The van der Waals surface area contributed by atoms with Crippen LogP contribution in [0, 0.1) is 5.92 Å². The number of carbonyl (C=O) groups excluding carboxylic acids is 1. The summed E-state index contributed by atoms with van der Waals surface area (Å²) in [5, 5.41) is 2.83. The van der Waals surface area contributed by atoms with Crippen molar-refractivity contribution >= 4 is 17.7 Å². The number of thioether (sulfide) groups is 1. The van der Waals surface area contributed by atoms with Gasteiger partial charge in [-0.3, -0.25) is 4.79 Å². The van der Waals surface area contributed by atoms with Gasteiger partial charge in [0, 0.05) is 11.4 Å². The highest BCUT2D eigenvalue weighted by Gasteiger charge is 2.21. The summed E-state index contributed by atoms with van der Waals surface area (Å²) in [4.78, 5) is 13.6. The molecule has 0 aromatic heterocycles. The normalized spacial score (nSPS) is 12.1. The summed E-state index contributed by atoms with van der Waals surface area (Å²) in [7, 11) is 0. The van der Waals surface area contributed by atoms with E-state index >= 15 is 0 Å². The van der Waals surface area contributed by atoms with Crippen LogP contribution in [0.15, 0.2) is 65.6 Å². The molecule has 0 saturated carbocycles. The molecule has 3 heteroatoms. The minimum Gasteiger partial charge on any atom is -0.355 e. The molecule has 0 radical (unpaired) electrons. The van der Waals surface area contributed by atoms with Crippen LogP contribution in [0.3, 0.4) is 0 Å². The first-order valence-corrected chi connectivity index (χ1v) is 8.09. The Balaban J connectivity index is 2.16. The van der Waals surface area contributed by atoms with Gasteiger partial charge in [0.2, 0.25) is 5.91 Å². The van der Waals surface area contributed by atoms with Gasteiger partial charge < -0.3 is 5.32 Å². The van der Waals surface area contributed by atoms with Crippen molar-refractivity contribution in [2.45, 2.75) is 24.0 Å².